The predicted molar refractivity (Wildman–Crippen MR) is 83.9 cm³/mol. The maximum atomic E-state index is 14.2. The molecule has 1 fully saturated rings. The van der Waals surface area contributed by atoms with Gasteiger partial charge in [-0.3, -0.25) is 0 Å². The summed E-state index contributed by atoms with van der Waals surface area (Å²) in [7, 11) is -3.24. The van der Waals surface area contributed by atoms with Gasteiger partial charge in [-0.05, 0) is 17.7 Å². The molecule has 1 saturated heterocycles. The monoisotopic (exact) mass is 337 g/mol. The Balaban J connectivity index is 2.38. The summed E-state index contributed by atoms with van der Waals surface area (Å²) in [5.41, 5.74) is 1.04. The molecule has 0 aliphatic carbocycles. The molecule has 1 unspecified atom stereocenters. The van der Waals surface area contributed by atoms with E-state index in [9.17, 15) is 12.8 Å². The fraction of sp³-hybridized carbons (Fsp3) is 0.538. The second kappa shape index (κ2) is 6.54. The van der Waals surface area contributed by atoms with Crippen LogP contribution in [-0.2, 0) is 15.7 Å². The first-order valence-corrected chi connectivity index (χ1v) is 9.80. The number of anilines is 1. The van der Waals surface area contributed by atoms with Crippen molar-refractivity contribution < 1.29 is 12.8 Å². The summed E-state index contributed by atoms with van der Waals surface area (Å²) < 4.78 is 38.5. The quantitative estimate of drug-likeness (QED) is 0.792. The van der Waals surface area contributed by atoms with E-state index < -0.39 is 21.0 Å². The molecule has 20 heavy (non-hydrogen) atoms. The third-order valence-electron chi connectivity index (χ3n) is 3.38. The van der Waals surface area contributed by atoms with Crippen LogP contribution < -0.4 is 4.90 Å². The average Bonchev–Trinajstić information content (AvgIpc) is 2.47. The lowest BCUT2D eigenvalue weighted by atomic mass is 10.2. The Kier molecular flexibility index (Phi) is 5.20. The van der Waals surface area contributed by atoms with Crippen LogP contribution in [0.5, 0.6) is 0 Å². The zero-order valence-corrected chi connectivity index (χ0v) is 13.6. The van der Waals surface area contributed by atoms with Gasteiger partial charge in [0.15, 0.2) is 9.84 Å². The molecule has 1 aliphatic heterocycles. The number of hydrogen-bond donors (Lipinski definition) is 0. The minimum Gasteiger partial charge on any atom is -0.351 e. The van der Waals surface area contributed by atoms with Crippen LogP contribution in [0.3, 0.4) is 0 Å². The topological polar surface area (TPSA) is 37.4 Å². The highest BCUT2D eigenvalue weighted by atomic mass is 35.5. The van der Waals surface area contributed by atoms with Gasteiger partial charge in [0.05, 0.1) is 5.69 Å². The van der Waals surface area contributed by atoms with E-state index in [1.165, 1.54) is 6.07 Å². The summed E-state index contributed by atoms with van der Waals surface area (Å²) in [6, 6.07) is 4.74. The van der Waals surface area contributed by atoms with Crippen LogP contribution in [0.2, 0.25) is 0 Å². The van der Waals surface area contributed by atoms with Crippen molar-refractivity contribution in [3.63, 3.8) is 0 Å². The molecule has 0 spiro atoms. The predicted octanol–water partition coefficient (Wildman–Crippen LogP) is 2.88. The summed E-state index contributed by atoms with van der Waals surface area (Å²) in [6.45, 7) is 2.16. The average molecular weight is 338 g/mol. The van der Waals surface area contributed by atoms with Gasteiger partial charge in [-0.2, -0.15) is 11.8 Å². The Bertz CT molecular complexity index is 580. The number of benzene rings is 1. The summed E-state index contributed by atoms with van der Waals surface area (Å²) >= 11 is 7.27. The van der Waals surface area contributed by atoms with Gasteiger partial charge in [-0.25, -0.2) is 12.8 Å². The summed E-state index contributed by atoms with van der Waals surface area (Å²) in [5, 5.41) is -0.650. The Morgan fingerprint density at radius 1 is 1.50 bits per heavy atom. The SMILES string of the molecule is CCS(=O)(=O)C1CSCCN1c1ccc(CCl)cc1F. The van der Waals surface area contributed by atoms with Gasteiger partial charge in [0, 0.05) is 29.7 Å². The van der Waals surface area contributed by atoms with Crippen LogP contribution in [0.1, 0.15) is 12.5 Å². The smallest absolute Gasteiger partial charge is 0.171 e. The summed E-state index contributed by atoms with van der Waals surface area (Å²) in [4.78, 5) is 1.67. The molecule has 0 saturated carbocycles. The number of hydrogen-bond acceptors (Lipinski definition) is 4. The molecule has 0 radical (unpaired) electrons. The molecule has 7 heteroatoms. The molecular formula is C13H17ClFNO2S2. The third kappa shape index (κ3) is 3.23. The van der Waals surface area contributed by atoms with Crippen LogP contribution in [0.25, 0.3) is 0 Å². The molecule has 1 atom stereocenters. The van der Waals surface area contributed by atoms with Crippen LogP contribution >= 0.6 is 23.4 Å². The first-order valence-electron chi connectivity index (χ1n) is 6.40. The fourth-order valence-electron chi connectivity index (χ4n) is 2.21. The van der Waals surface area contributed by atoms with Crippen molar-refractivity contribution in [3.05, 3.63) is 29.6 Å². The van der Waals surface area contributed by atoms with E-state index in [0.717, 1.165) is 5.75 Å². The molecule has 2 rings (SSSR count). The van der Waals surface area contributed by atoms with Gasteiger partial charge in [0.25, 0.3) is 0 Å². The number of rotatable bonds is 4. The summed E-state index contributed by atoms with van der Waals surface area (Å²) in [5.74, 6) is 1.17. The molecule has 0 amide bonds. The molecule has 1 heterocycles. The van der Waals surface area contributed by atoms with Gasteiger partial charge in [-0.1, -0.05) is 13.0 Å². The van der Waals surface area contributed by atoms with E-state index in [-0.39, 0.29) is 11.6 Å². The van der Waals surface area contributed by atoms with Crippen molar-refractivity contribution >= 4 is 38.9 Å². The van der Waals surface area contributed by atoms with Crippen molar-refractivity contribution in [1.82, 2.24) is 0 Å². The van der Waals surface area contributed by atoms with Crippen LogP contribution in [0, 0.1) is 5.82 Å². The van der Waals surface area contributed by atoms with Crippen molar-refractivity contribution in [3.8, 4) is 0 Å². The van der Waals surface area contributed by atoms with E-state index >= 15 is 0 Å². The standard InChI is InChI=1S/C13H17ClFNO2S2/c1-2-20(17,18)13-9-19-6-5-16(13)12-4-3-10(8-14)7-11(12)15/h3-4,7,13H,2,5-6,8-9H2,1H3. The van der Waals surface area contributed by atoms with E-state index in [1.807, 2.05) is 0 Å². The number of sulfone groups is 1. The maximum absolute atomic E-state index is 14.2. The lowest BCUT2D eigenvalue weighted by Crippen LogP contribution is -2.48. The molecule has 1 aromatic rings. The highest BCUT2D eigenvalue weighted by molar-refractivity contribution is 8.01. The van der Waals surface area contributed by atoms with E-state index in [2.05, 4.69) is 0 Å². The minimum absolute atomic E-state index is 0.0656. The lowest BCUT2D eigenvalue weighted by Gasteiger charge is -2.36. The third-order valence-corrected chi connectivity index (χ3v) is 6.97. The Hall–Kier alpha value is -0.460. The van der Waals surface area contributed by atoms with Crippen molar-refractivity contribution in [1.29, 1.82) is 0 Å². The van der Waals surface area contributed by atoms with Gasteiger partial charge in [-0.15, -0.1) is 11.6 Å². The van der Waals surface area contributed by atoms with Gasteiger partial charge >= 0.3 is 0 Å². The molecule has 112 valence electrons. The number of alkyl halides is 1. The Morgan fingerprint density at radius 2 is 2.25 bits per heavy atom. The first-order chi connectivity index (χ1) is 9.49. The largest absolute Gasteiger partial charge is 0.351 e. The van der Waals surface area contributed by atoms with E-state index in [4.69, 9.17) is 11.6 Å². The lowest BCUT2D eigenvalue weighted by molar-refractivity contribution is 0.574. The van der Waals surface area contributed by atoms with Gasteiger partial charge in [0.1, 0.15) is 11.2 Å². The zero-order chi connectivity index (χ0) is 14.8. The minimum atomic E-state index is -3.24. The van der Waals surface area contributed by atoms with Gasteiger partial charge < -0.3 is 4.90 Å². The highest BCUT2D eigenvalue weighted by Gasteiger charge is 2.34. The second-order valence-electron chi connectivity index (χ2n) is 4.59. The molecule has 0 aromatic heterocycles. The Morgan fingerprint density at radius 3 is 2.85 bits per heavy atom. The molecular weight excluding hydrogens is 321 g/mol. The maximum Gasteiger partial charge on any atom is 0.171 e. The zero-order valence-electron chi connectivity index (χ0n) is 11.2. The van der Waals surface area contributed by atoms with Crippen LogP contribution in [-0.4, -0.2) is 37.6 Å². The molecule has 1 aliphatic rings. The number of nitrogens with zero attached hydrogens (tertiary/aromatic N) is 1. The van der Waals surface area contributed by atoms with Crippen LogP contribution in [0.15, 0.2) is 18.2 Å². The number of halogens is 2. The van der Waals surface area contributed by atoms with E-state index in [0.29, 0.717) is 23.5 Å². The fourth-order valence-corrected chi connectivity index (χ4v) is 5.36. The van der Waals surface area contributed by atoms with Crippen molar-refractivity contribution in [2.45, 2.75) is 18.2 Å². The van der Waals surface area contributed by atoms with Gasteiger partial charge in [0.2, 0.25) is 0 Å². The number of thioether (sulfide) groups is 1. The van der Waals surface area contributed by atoms with Crippen molar-refractivity contribution in [2.24, 2.45) is 0 Å². The summed E-state index contributed by atoms with van der Waals surface area (Å²) in [6.07, 6.45) is 0. The highest BCUT2D eigenvalue weighted by Crippen LogP contribution is 2.30. The Labute approximate surface area is 128 Å². The molecule has 1 aromatic carbocycles. The first kappa shape index (κ1) is 15.9. The molecule has 3 nitrogen and oxygen atoms in total. The normalized spacial score (nSPS) is 20.1. The van der Waals surface area contributed by atoms with Crippen LogP contribution in [0.4, 0.5) is 10.1 Å². The molecule has 0 bridgehead atoms. The van der Waals surface area contributed by atoms with Crippen molar-refractivity contribution in [2.75, 3.05) is 28.7 Å². The molecule has 0 N–H and O–H groups in total. The van der Waals surface area contributed by atoms with E-state index in [1.54, 1.807) is 35.7 Å². The second-order valence-corrected chi connectivity index (χ2v) is 8.46.